The molecule has 2 rings (SSSR count). The van der Waals surface area contributed by atoms with Crippen LogP contribution in [0.1, 0.15) is 20.8 Å². The maximum absolute atomic E-state index is 11.9. The summed E-state index contributed by atoms with van der Waals surface area (Å²) in [6.07, 6.45) is 0. The number of carbonyl (C=O) groups is 1. The number of thiophene rings is 1. The highest BCUT2D eigenvalue weighted by atomic mass is 79.9. The molecule has 0 spiro atoms. The Morgan fingerprint density at radius 2 is 1.89 bits per heavy atom. The molecule has 2 nitrogen and oxygen atoms in total. The van der Waals surface area contributed by atoms with Crippen molar-refractivity contribution in [2.45, 2.75) is 13.8 Å². The SMILES string of the molecule is Cc1cc(C)cc(OCC(=O)c2ccc(Br)s2)c1. The quantitative estimate of drug-likeness (QED) is 0.780. The van der Waals surface area contributed by atoms with Crippen molar-refractivity contribution < 1.29 is 9.53 Å². The summed E-state index contributed by atoms with van der Waals surface area (Å²) in [6, 6.07) is 9.62. The summed E-state index contributed by atoms with van der Waals surface area (Å²) in [4.78, 5) is 12.6. The molecule has 4 heteroatoms. The van der Waals surface area contributed by atoms with E-state index < -0.39 is 0 Å². The van der Waals surface area contributed by atoms with Crippen LogP contribution in [-0.2, 0) is 0 Å². The van der Waals surface area contributed by atoms with Gasteiger partial charge < -0.3 is 4.74 Å². The zero-order valence-electron chi connectivity index (χ0n) is 10.2. The molecule has 0 atom stereocenters. The number of Topliss-reactive ketones (excluding diaryl/α,β-unsaturated/α-hetero) is 1. The van der Waals surface area contributed by atoms with Crippen LogP contribution in [-0.4, -0.2) is 12.4 Å². The van der Waals surface area contributed by atoms with E-state index >= 15 is 0 Å². The van der Waals surface area contributed by atoms with E-state index in [0.29, 0.717) is 4.88 Å². The van der Waals surface area contributed by atoms with Crippen LogP contribution in [0.4, 0.5) is 0 Å². The zero-order chi connectivity index (χ0) is 13.1. The normalized spacial score (nSPS) is 10.4. The second kappa shape index (κ2) is 5.67. The first-order valence-corrected chi connectivity index (χ1v) is 7.15. The van der Waals surface area contributed by atoms with Gasteiger partial charge in [-0.15, -0.1) is 11.3 Å². The van der Waals surface area contributed by atoms with Crippen LogP contribution in [0.3, 0.4) is 0 Å². The van der Waals surface area contributed by atoms with E-state index in [4.69, 9.17) is 4.74 Å². The molecule has 0 fully saturated rings. The number of carbonyl (C=O) groups excluding carboxylic acids is 1. The van der Waals surface area contributed by atoms with Gasteiger partial charge in [0.25, 0.3) is 0 Å². The average Bonchev–Trinajstić information content (AvgIpc) is 2.71. The van der Waals surface area contributed by atoms with E-state index in [2.05, 4.69) is 22.0 Å². The van der Waals surface area contributed by atoms with E-state index in [1.807, 2.05) is 38.1 Å². The number of hydrogen-bond donors (Lipinski definition) is 0. The van der Waals surface area contributed by atoms with Gasteiger partial charge in [-0.05, 0) is 65.2 Å². The number of hydrogen-bond acceptors (Lipinski definition) is 3. The summed E-state index contributed by atoms with van der Waals surface area (Å²) in [5.41, 5.74) is 2.27. The molecule has 1 heterocycles. The fourth-order valence-electron chi connectivity index (χ4n) is 1.70. The van der Waals surface area contributed by atoms with Crippen LogP contribution in [0, 0.1) is 13.8 Å². The first-order chi connectivity index (χ1) is 8.54. The Morgan fingerprint density at radius 3 is 2.44 bits per heavy atom. The Morgan fingerprint density at radius 1 is 1.22 bits per heavy atom. The third-order valence-electron chi connectivity index (χ3n) is 2.41. The molecule has 0 radical (unpaired) electrons. The average molecular weight is 325 g/mol. The van der Waals surface area contributed by atoms with Gasteiger partial charge in [0, 0.05) is 0 Å². The van der Waals surface area contributed by atoms with Gasteiger partial charge in [0.15, 0.2) is 6.61 Å². The van der Waals surface area contributed by atoms with Crippen molar-refractivity contribution in [3.05, 3.63) is 50.1 Å². The van der Waals surface area contributed by atoms with Crippen molar-refractivity contribution in [3.63, 3.8) is 0 Å². The summed E-state index contributed by atoms with van der Waals surface area (Å²) < 4.78 is 6.49. The molecule has 0 aliphatic carbocycles. The monoisotopic (exact) mass is 324 g/mol. The Kier molecular flexibility index (Phi) is 4.19. The van der Waals surface area contributed by atoms with Gasteiger partial charge in [0.05, 0.1) is 8.66 Å². The Hall–Kier alpha value is -1.13. The minimum atomic E-state index is 0.00450. The van der Waals surface area contributed by atoms with Gasteiger partial charge in [-0.1, -0.05) is 6.07 Å². The summed E-state index contributed by atoms with van der Waals surface area (Å²) in [5, 5.41) is 0. The van der Waals surface area contributed by atoms with E-state index in [1.165, 1.54) is 11.3 Å². The molecular formula is C14H13BrO2S. The van der Waals surface area contributed by atoms with Crippen molar-refractivity contribution in [1.82, 2.24) is 0 Å². The Balaban J connectivity index is 2.01. The molecule has 2 aromatic rings. The molecule has 0 amide bonds. The van der Waals surface area contributed by atoms with Gasteiger partial charge in [0.2, 0.25) is 5.78 Å². The standard InChI is InChI=1S/C14H13BrO2S/c1-9-5-10(2)7-11(6-9)17-8-12(16)13-3-4-14(15)18-13/h3-7H,8H2,1-2H3. The molecule has 0 bridgehead atoms. The number of halogens is 1. The van der Waals surface area contributed by atoms with Crippen molar-refractivity contribution in [3.8, 4) is 5.75 Å². The Labute approximate surface area is 119 Å². The first kappa shape index (κ1) is 13.3. The fraction of sp³-hybridized carbons (Fsp3) is 0.214. The number of ether oxygens (including phenoxy) is 1. The van der Waals surface area contributed by atoms with Crippen LogP contribution < -0.4 is 4.74 Å². The molecule has 0 N–H and O–H groups in total. The fourth-order valence-corrected chi connectivity index (χ4v) is 3.01. The topological polar surface area (TPSA) is 26.3 Å². The van der Waals surface area contributed by atoms with Crippen LogP contribution in [0.2, 0.25) is 0 Å². The molecule has 0 aliphatic rings. The van der Waals surface area contributed by atoms with Gasteiger partial charge in [-0.3, -0.25) is 4.79 Å². The van der Waals surface area contributed by atoms with Crippen molar-refractivity contribution in [2.24, 2.45) is 0 Å². The molecular weight excluding hydrogens is 312 g/mol. The summed E-state index contributed by atoms with van der Waals surface area (Å²) in [6.45, 7) is 4.10. The largest absolute Gasteiger partial charge is 0.485 e. The molecule has 18 heavy (non-hydrogen) atoms. The highest BCUT2D eigenvalue weighted by Gasteiger charge is 2.09. The number of rotatable bonds is 4. The highest BCUT2D eigenvalue weighted by Crippen LogP contribution is 2.23. The summed E-state index contributed by atoms with van der Waals surface area (Å²) >= 11 is 4.77. The van der Waals surface area contributed by atoms with Gasteiger partial charge in [-0.25, -0.2) is 0 Å². The molecule has 1 aromatic heterocycles. The van der Waals surface area contributed by atoms with E-state index in [1.54, 1.807) is 0 Å². The van der Waals surface area contributed by atoms with Crippen molar-refractivity contribution in [1.29, 1.82) is 0 Å². The number of benzene rings is 1. The van der Waals surface area contributed by atoms with E-state index in [-0.39, 0.29) is 12.4 Å². The van der Waals surface area contributed by atoms with Crippen molar-refractivity contribution >= 4 is 33.0 Å². The van der Waals surface area contributed by atoms with Crippen molar-refractivity contribution in [2.75, 3.05) is 6.61 Å². The minimum absolute atomic E-state index is 0.00450. The zero-order valence-corrected chi connectivity index (χ0v) is 12.6. The van der Waals surface area contributed by atoms with Gasteiger partial charge >= 0.3 is 0 Å². The minimum Gasteiger partial charge on any atom is -0.485 e. The van der Waals surface area contributed by atoms with Gasteiger partial charge in [-0.2, -0.15) is 0 Å². The molecule has 0 aliphatic heterocycles. The second-order valence-electron chi connectivity index (χ2n) is 4.14. The van der Waals surface area contributed by atoms with E-state index in [9.17, 15) is 4.79 Å². The highest BCUT2D eigenvalue weighted by molar-refractivity contribution is 9.11. The maximum atomic E-state index is 11.9. The smallest absolute Gasteiger partial charge is 0.210 e. The summed E-state index contributed by atoms with van der Waals surface area (Å²) in [7, 11) is 0. The Bertz CT molecular complexity index is 555. The lowest BCUT2D eigenvalue weighted by molar-refractivity contribution is 0.0925. The van der Waals surface area contributed by atoms with Crippen LogP contribution in [0.5, 0.6) is 5.75 Å². The third-order valence-corrected chi connectivity index (χ3v) is 4.08. The maximum Gasteiger partial charge on any atom is 0.210 e. The molecule has 0 saturated heterocycles. The van der Waals surface area contributed by atoms with Gasteiger partial charge in [0.1, 0.15) is 5.75 Å². The van der Waals surface area contributed by atoms with Crippen LogP contribution in [0.15, 0.2) is 34.1 Å². The number of ketones is 1. The predicted octanol–water partition coefficient (Wildman–Crippen LogP) is 4.39. The lowest BCUT2D eigenvalue weighted by atomic mass is 10.1. The lowest BCUT2D eigenvalue weighted by Gasteiger charge is -2.06. The molecule has 94 valence electrons. The van der Waals surface area contributed by atoms with E-state index in [0.717, 1.165) is 20.7 Å². The molecule has 0 unspecified atom stereocenters. The number of aryl methyl sites for hydroxylation is 2. The first-order valence-electron chi connectivity index (χ1n) is 5.54. The molecule has 0 saturated carbocycles. The third kappa shape index (κ3) is 3.43. The van der Waals surface area contributed by atoms with Crippen LogP contribution in [0.25, 0.3) is 0 Å². The lowest BCUT2D eigenvalue weighted by Crippen LogP contribution is -2.10. The van der Waals surface area contributed by atoms with Crippen LogP contribution >= 0.6 is 27.3 Å². The second-order valence-corrected chi connectivity index (χ2v) is 6.60. The summed E-state index contributed by atoms with van der Waals surface area (Å²) in [5.74, 6) is 0.751. The predicted molar refractivity (Wildman–Crippen MR) is 77.8 cm³/mol. The molecule has 1 aromatic carbocycles.